The van der Waals surface area contributed by atoms with Crippen LogP contribution in [-0.4, -0.2) is 4.98 Å². The molecule has 2 nitrogen and oxygen atoms in total. The maximum absolute atomic E-state index is 14.3. The molecule has 0 N–H and O–H groups in total. The predicted octanol–water partition coefficient (Wildman–Crippen LogP) is 5.22. The van der Waals surface area contributed by atoms with E-state index in [1.54, 1.807) is 0 Å². The summed E-state index contributed by atoms with van der Waals surface area (Å²) >= 11 is 0. The Balaban J connectivity index is 2.42. The molecule has 0 aliphatic rings. The van der Waals surface area contributed by atoms with Gasteiger partial charge < -0.3 is 0 Å². The minimum atomic E-state index is -0.110. The van der Waals surface area contributed by atoms with Crippen molar-refractivity contribution in [2.75, 3.05) is 0 Å². The largest absolute Gasteiger partial charge is 0.296 e. The Morgan fingerprint density at radius 1 is 1.00 bits per heavy atom. The van der Waals surface area contributed by atoms with Crippen LogP contribution in [0.1, 0.15) is 47.8 Å². The number of halogens is 1. The van der Waals surface area contributed by atoms with E-state index in [4.69, 9.17) is 4.98 Å². The van der Waals surface area contributed by atoms with Crippen LogP contribution >= 0.6 is 0 Å². The Kier molecular flexibility index (Phi) is 4.36. The van der Waals surface area contributed by atoms with E-state index in [-0.39, 0.29) is 5.82 Å². The van der Waals surface area contributed by atoms with Crippen LogP contribution in [0, 0.1) is 33.5 Å². The van der Waals surface area contributed by atoms with Gasteiger partial charge in [-0.15, -0.1) is 0 Å². The van der Waals surface area contributed by atoms with Gasteiger partial charge in [0, 0.05) is 12.5 Å². The lowest BCUT2D eigenvalue weighted by Gasteiger charge is -2.15. The summed E-state index contributed by atoms with van der Waals surface area (Å²) in [6, 6.07) is 8.46. The molecular formula is C22H26FN2+. The number of nitrogens with zero attached hydrogens (tertiary/aromatic N) is 2. The maximum atomic E-state index is 14.3. The van der Waals surface area contributed by atoms with Gasteiger partial charge in [-0.1, -0.05) is 19.9 Å². The summed E-state index contributed by atoms with van der Waals surface area (Å²) in [6.07, 6.45) is 0. The highest BCUT2D eigenvalue weighted by Crippen LogP contribution is 2.32. The zero-order valence-electron chi connectivity index (χ0n) is 16.2. The van der Waals surface area contributed by atoms with E-state index in [2.05, 4.69) is 36.6 Å². The molecule has 0 atom stereocenters. The van der Waals surface area contributed by atoms with Crippen molar-refractivity contribution in [1.29, 1.82) is 0 Å². The molecule has 0 saturated heterocycles. The van der Waals surface area contributed by atoms with Crippen LogP contribution in [0.25, 0.3) is 22.2 Å². The molecule has 0 spiro atoms. The first-order chi connectivity index (χ1) is 11.7. The molecule has 0 bridgehead atoms. The van der Waals surface area contributed by atoms with E-state index in [0.29, 0.717) is 11.5 Å². The Morgan fingerprint density at radius 2 is 1.68 bits per heavy atom. The zero-order chi connectivity index (χ0) is 18.5. The van der Waals surface area contributed by atoms with Gasteiger partial charge in [0.25, 0.3) is 5.82 Å². The maximum Gasteiger partial charge on any atom is 0.296 e. The third kappa shape index (κ3) is 2.82. The van der Waals surface area contributed by atoms with Crippen molar-refractivity contribution in [1.82, 2.24) is 4.98 Å². The molecule has 0 aliphatic heterocycles. The van der Waals surface area contributed by atoms with Crippen LogP contribution in [0.3, 0.4) is 0 Å². The van der Waals surface area contributed by atoms with Gasteiger partial charge in [0.1, 0.15) is 11.5 Å². The van der Waals surface area contributed by atoms with Gasteiger partial charge in [-0.3, -0.25) is 0 Å². The number of fused-ring (bicyclic) bond motifs is 1. The molecule has 1 aromatic heterocycles. The van der Waals surface area contributed by atoms with E-state index in [1.165, 1.54) is 5.56 Å². The number of rotatable bonds is 2. The average Bonchev–Trinajstić information content (AvgIpc) is 2.57. The van der Waals surface area contributed by atoms with Crippen molar-refractivity contribution in [3.8, 4) is 11.3 Å². The third-order valence-corrected chi connectivity index (χ3v) is 5.30. The molecule has 130 valence electrons. The van der Waals surface area contributed by atoms with Crippen LogP contribution < -0.4 is 4.57 Å². The lowest BCUT2D eigenvalue weighted by Crippen LogP contribution is -2.36. The van der Waals surface area contributed by atoms with Crippen molar-refractivity contribution in [3.63, 3.8) is 0 Å². The minimum Gasteiger partial charge on any atom is -0.230 e. The van der Waals surface area contributed by atoms with E-state index in [1.807, 2.05) is 40.8 Å². The minimum absolute atomic E-state index is 0.110. The van der Waals surface area contributed by atoms with Crippen LogP contribution in [0.2, 0.25) is 0 Å². The SMILES string of the molecule is Cc1cc(-c2c3ccc(C(C)C)cc3nc(C)[n+]2C)c(C)c(C)c1F. The van der Waals surface area contributed by atoms with Crippen LogP contribution in [0.5, 0.6) is 0 Å². The fraction of sp³-hybridized carbons (Fsp3) is 0.364. The first-order valence-corrected chi connectivity index (χ1v) is 8.79. The lowest BCUT2D eigenvalue weighted by molar-refractivity contribution is -0.668. The van der Waals surface area contributed by atoms with Crippen molar-refractivity contribution >= 4 is 10.9 Å². The summed E-state index contributed by atoms with van der Waals surface area (Å²) in [5.41, 5.74) is 6.83. The highest BCUT2D eigenvalue weighted by Gasteiger charge is 2.22. The molecule has 0 radical (unpaired) electrons. The van der Waals surface area contributed by atoms with E-state index in [9.17, 15) is 4.39 Å². The lowest BCUT2D eigenvalue weighted by atomic mass is 9.93. The predicted molar refractivity (Wildman–Crippen MR) is 101 cm³/mol. The second kappa shape index (κ2) is 6.21. The second-order valence-electron chi connectivity index (χ2n) is 7.30. The van der Waals surface area contributed by atoms with Crippen molar-refractivity contribution in [3.05, 3.63) is 58.2 Å². The van der Waals surface area contributed by atoms with Gasteiger partial charge in [0.05, 0.1) is 12.4 Å². The molecule has 3 rings (SSSR count). The monoisotopic (exact) mass is 337 g/mol. The van der Waals surface area contributed by atoms with E-state index < -0.39 is 0 Å². The van der Waals surface area contributed by atoms with Gasteiger partial charge in [-0.05, 0) is 72.1 Å². The highest BCUT2D eigenvalue weighted by molar-refractivity contribution is 5.92. The fourth-order valence-corrected chi connectivity index (χ4v) is 3.41. The molecule has 0 saturated carbocycles. The van der Waals surface area contributed by atoms with Crippen molar-refractivity contribution < 1.29 is 8.96 Å². The summed E-state index contributed by atoms with van der Waals surface area (Å²) in [4.78, 5) is 4.79. The molecule has 0 unspecified atom stereocenters. The molecule has 2 aromatic carbocycles. The summed E-state index contributed by atoms with van der Waals surface area (Å²) in [7, 11) is 2.03. The summed E-state index contributed by atoms with van der Waals surface area (Å²) in [5, 5.41) is 1.10. The van der Waals surface area contributed by atoms with Crippen LogP contribution in [-0.2, 0) is 7.05 Å². The van der Waals surface area contributed by atoms with Gasteiger partial charge in [0.2, 0.25) is 0 Å². The van der Waals surface area contributed by atoms with Gasteiger partial charge in [-0.25, -0.2) is 8.96 Å². The number of aryl methyl sites for hydroxylation is 2. The normalized spacial score (nSPS) is 11.6. The Morgan fingerprint density at radius 3 is 2.32 bits per heavy atom. The Hall–Kier alpha value is -2.29. The molecular weight excluding hydrogens is 311 g/mol. The third-order valence-electron chi connectivity index (χ3n) is 5.30. The second-order valence-corrected chi connectivity index (χ2v) is 7.30. The Bertz CT molecular complexity index is 987. The summed E-state index contributed by atoms with van der Waals surface area (Å²) in [5.74, 6) is 1.30. The quantitative estimate of drug-likeness (QED) is 0.586. The van der Waals surface area contributed by atoms with Gasteiger partial charge >= 0.3 is 0 Å². The highest BCUT2D eigenvalue weighted by atomic mass is 19.1. The number of hydrogen-bond acceptors (Lipinski definition) is 1. The van der Waals surface area contributed by atoms with Crippen molar-refractivity contribution in [2.45, 2.75) is 47.5 Å². The van der Waals surface area contributed by atoms with E-state index >= 15 is 0 Å². The smallest absolute Gasteiger partial charge is 0.230 e. The number of aromatic nitrogens is 2. The molecule has 1 heterocycles. The summed E-state index contributed by atoms with van der Waals surface area (Å²) in [6.45, 7) is 12.1. The number of benzene rings is 2. The standard InChI is InChI=1S/C22H26FN2/c1-12(2)17-8-9-18-20(11-17)24-16(6)25(7)22(18)19-10-13(3)21(23)15(5)14(19)4/h8-12H,1-7H3/q+1. The zero-order valence-corrected chi connectivity index (χ0v) is 16.2. The Labute approximate surface area is 149 Å². The van der Waals surface area contributed by atoms with Gasteiger partial charge in [-0.2, -0.15) is 0 Å². The molecule has 3 aromatic rings. The van der Waals surface area contributed by atoms with Crippen LogP contribution in [0.4, 0.5) is 4.39 Å². The molecule has 3 heteroatoms. The average molecular weight is 337 g/mol. The molecule has 25 heavy (non-hydrogen) atoms. The summed E-state index contributed by atoms with van der Waals surface area (Å²) < 4.78 is 16.4. The van der Waals surface area contributed by atoms with Gasteiger partial charge in [0.15, 0.2) is 5.52 Å². The molecule has 0 aliphatic carbocycles. The van der Waals surface area contributed by atoms with E-state index in [0.717, 1.165) is 39.1 Å². The first-order valence-electron chi connectivity index (χ1n) is 8.79. The van der Waals surface area contributed by atoms with Crippen molar-refractivity contribution in [2.24, 2.45) is 7.05 Å². The number of hydrogen-bond donors (Lipinski definition) is 0. The molecule has 0 fully saturated rings. The molecule has 0 amide bonds. The fourth-order valence-electron chi connectivity index (χ4n) is 3.41. The van der Waals surface area contributed by atoms with Crippen LogP contribution in [0.15, 0.2) is 24.3 Å². The topological polar surface area (TPSA) is 16.8 Å². The first kappa shape index (κ1) is 17.5.